The third-order valence-electron chi connectivity index (χ3n) is 2.52. The summed E-state index contributed by atoms with van der Waals surface area (Å²) in [5.41, 5.74) is 7.80. The van der Waals surface area contributed by atoms with Gasteiger partial charge in [0.05, 0.1) is 11.8 Å². The number of rotatable bonds is 3. The molecule has 0 bridgehead atoms. The summed E-state index contributed by atoms with van der Waals surface area (Å²) >= 11 is 0. The summed E-state index contributed by atoms with van der Waals surface area (Å²) in [5.74, 6) is 0.433. The average molecular weight is 230 g/mol. The van der Waals surface area contributed by atoms with Crippen molar-refractivity contribution in [3.05, 3.63) is 53.5 Å². The normalized spacial score (nSPS) is 10.2. The highest BCUT2D eigenvalue weighted by Gasteiger charge is 2.11. The summed E-state index contributed by atoms with van der Waals surface area (Å²) in [4.78, 5) is 11.9. The molecule has 0 aliphatic rings. The predicted octanol–water partition coefficient (Wildman–Crippen LogP) is 2.30. The van der Waals surface area contributed by atoms with Crippen LogP contribution in [-0.2, 0) is 6.54 Å². The van der Waals surface area contributed by atoms with E-state index in [-0.39, 0.29) is 5.91 Å². The van der Waals surface area contributed by atoms with Crippen molar-refractivity contribution in [1.29, 1.82) is 0 Å². The van der Waals surface area contributed by atoms with Gasteiger partial charge in [-0.15, -0.1) is 0 Å². The van der Waals surface area contributed by atoms with E-state index >= 15 is 0 Å². The lowest BCUT2D eigenvalue weighted by molar-refractivity contribution is 0.102. The summed E-state index contributed by atoms with van der Waals surface area (Å²) in [6, 6.07) is 9.11. The number of hydrogen-bond acceptors (Lipinski definition) is 3. The molecule has 0 radical (unpaired) electrons. The van der Waals surface area contributed by atoms with E-state index in [1.54, 1.807) is 13.0 Å². The number of nitrogens with two attached hydrogens (primary N) is 1. The van der Waals surface area contributed by atoms with Crippen molar-refractivity contribution in [2.45, 2.75) is 13.5 Å². The molecule has 0 saturated carbocycles. The number of anilines is 1. The Kier molecular flexibility index (Phi) is 3.25. The number of hydrogen-bond donors (Lipinski definition) is 2. The van der Waals surface area contributed by atoms with Gasteiger partial charge in [-0.2, -0.15) is 0 Å². The topological polar surface area (TPSA) is 68.3 Å². The van der Waals surface area contributed by atoms with Crippen LogP contribution in [0.1, 0.15) is 21.7 Å². The van der Waals surface area contributed by atoms with Crippen LogP contribution < -0.4 is 11.1 Å². The monoisotopic (exact) mass is 230 g/mol. The standard InChI is InChI=1S/C13H14N2O2/c1-9-12(5-6-17-9)13(16)15-11-4-2-3-10(7-11)8-14/h2-7H,8,14H2,1H3,(H,15,16). The molecule has 17 heavy (non-hydrogen) atoms. The first-order valence-corrected chi connectivity index (χ1v) is 5.35. The highest BCUT2D eigenvalue weighted by atomic mass is 16.3. The molecule has 0 aliphatic heterocycles. The van der Waals surface area contributed by atoms with Gasteiger partial charge in [0.1, 0.15) is 5.76 Å². The van der Waals surface area contributed by atoms with E-state index in [1.165, 1.54) is 6.26 Å². The molecule has 1 heterocycles. The van der Waals surface area contributed by atoms with Gasteiger partial charge in [-0.1, -0.05) is 12.1 Å². The number of carbonyl (C=O) groups is 1. The second kappa shape index (κ2) is 4.84. The smallest absolute Gasteiger partial charge is 0.259 e. The second-order valence-corrected chi connectivity index (χ2v) is 3.75. The molecule has 0 unspecified atom stereocenters. The number of aryl methyl sites for hydroxylation is 1. The first-order valence-electron chi connectivity index (χ1n) is 5.35. The molecular formula is C13H14N2O2. The Bertz CT molecular complexity index is 532. The first kappa shape index (κ1) is 11.4. The molecule has 1 amide bonds. The quantitative estimate of drug-likeness (QED) is 0.850. The molecule has 2 aromatic rings. The van der Waals surface area contributed by atoms with Gasteiger partial charge in [-0.25, -0.2) is 0 Å². The molecule has 0 aliphatic carbocycles. The number of carbonyl (C=O) groups excluding carboxylic acids is 1. The number of amides is 1. The first-order chi connectivity index (χ1) is 8.20. The van der Waals surface area contributed by atoms with Crippen molar-refractivity contribution >= 4 is 11.6 Å². The van der Waals surface area contributed by atoms with E-state index in [4.69, 9.17) is 10.2 Å². The van der Waals surface area contributed by atoms with Crippen LogP contribution in [0.3, 0.4) is 0 Å². The molecule has 0 spiro atoms. The predicted molar refractivity (Wildman–Crippen MR) is 65.7 cm³/mol. The molecule has 0 fully saturated rings. The highest BCUT2D eigenvalue weighted by Crippen LogP contribution is 2.14. The Morgan fingerprint density at radius 1 is 1.41 bits per heavy atom. The van der Waals surface area contributed by atoms with E-state index in [1.807, 2.05) is 24.3 Å². The van der Waals surface area contributed by atoms with Crippen LogP contribution in [0.25, 0.3) is 0 Å². The molecule has 1 aromatic carbocycles. The third kappa shape index (κ3) is 2.54. The van der Waals surface area contributed by atoms with Crippen LogP contribution in [-0.4, -0.2) is 5.91 Å². The van der Waals surface area contributed by atoms with E-state index in [0.29, 0.717) is 17.9 Å². The summed E-state index contributed by atoms with van der Waals surface area (Å²) in [6.45, 7) is 2.21. The zero-order chi connectivity index (χ0) is 12.3. The van der Waals surface area contributed by atoms with Crippen LogP contribution in [0, 0.1) is 6.92 Å². The number of furan rings is 1. The largest absolute Gasteiger partial charge is 0.469 e. The van der Waals surface area contributed by atoms with Gasteiger partial charge in [0.25, 0.3) is 5.91 Å². The lowest BCUT2D eigenvalue weighted by atomic mass is 10.2. The van der Waals surface area contributed by atoms with Gasteiger partial charge in [0, 0.05) is 12.2 Å². The van der Waals surface area contributed by atoms with Crippen LogP contribution in [0.2, 0.25) is 0 Å². The lowest BCUT2D eigenvalue weighted by Gasteiger charge is -2.05. The molecule has 0 atom stereocenters. The summed E-state index contributed by atoms with van der Waals surface area (Å²) in [5, 5.41) is 2.81. The minimum Gasteiger partial charge on any atom is -0.469 e. The van der Waals surface area contributed by atoms with E-state index in [2.05, 4.69) is 5.32 Å². The van der Waals surface area contributed by atoms with Gasteiger partial charge >= 0.3 is 0 Å². The van der Waals surface area contributed by atoms with E-state index in [0.717, 1.165) is 11.3 Å². The minimum atomic E-state index is -0.176. The van der Waals surface area contributed by atoms with E-state index in [9.17, 15) is 4.79 Å². The molecule has 2 rings (SSSR count). The van der Waals surface area contributed by atoms with Crippen LogP contribution >= 0.6 is 0 Å². The molecule has 88 valence electrons. The fourth-order valence-electron chi connectivity index (χ4n) is 1.60. The minimum absolute atomic E-state index is 0.176. The second-order valence-electron chi connectivity index (χ2n) is 3.75. The summed E-state index contributed by atoms with van der Waals surface area (Å²) in [7, 11) is 0. The van der Waals surface area contributed by atoms with Crippen LogP contribution in [0.5, 0.6) is 0 Å². The molecular weight excluding hydrogens is 216 g/mol. The van der Waals surface area contributed by atoms with Gasteiger partial charge in [-0.3, -0.25) is 4.79 Å². The van der Waals surface area contributed by atoms with E-state index < -0.39 is 0 Å². The SMILES string of the molecule is Cc1occc1C(=O)Nc1cccc(CN)c1. The molecule has 4 heteroatoms. The van der Waals surface area contributed by atoms with Crippen molar-refractivity contribution < 1.29 is 9.21 Å². The van der Waals surface area contributed by atoms with Crippen molar-refractivity contribution in [1.82, 2.24) is 0 Å². The van der Waals surface area contributed by atoms with Crippen molar-refractivity contribution in [3.63, 3.8) is 0 Å². The molecule has 1 aromatic heterocycles. The maximum atomic E-state index is 11.9. The Hall–Kier alpha value is -2.07. The van der Waals surface area contributed by atoms with Gasteiger partial charge < -0.3 is 15.5 Å². The maximum Gasteiger partial charge on any atom is 0.259 e. The fraction of sp³-hybridized carbons (Fsp3) is 0.154. The Morgan fingerprint density at radius 2 is 2.24 bits per heavy atom. The Morgan fingerprint density at radius 3 is 2.88 bits per heavy atom. The van der Waals surface area contributed by atoms with Crippen molar-refractivity contribution in [2.24, 2.45) is 5.73 Å². The number of nitrogens with one attached hydrogen (secondary N) is 1. The number of benzene rings is 1. The molecule has 3 N–H and O–H groups in total. The zero-order valence-corrected chi connectivity index (χ0v) is 9.57. The lowest BCUT2D eigenvalue weighted by Crippen LogP contribution is -2.12. The van der Waals surface area contributed by atoms with Crippen LogP contribution in [0.15, 0.2) is 41.0 Å². The van der Waals surface area contributed by atoms with Crippen molar-refractivity contribution in [3.8, 4) is 0 Å². The Labute approximate surface area is 99.4 Å². The van der Waals surface area contributed by atoms with Gasteiger partial charge in [0.2, 0.25) is 0 Å². The third-order valence-corrected chi connectivity index (χ3v) is 2.52. The summed E-state index contributed by atoms with van der Waals surface area (Å²) in [6.07, 6.45) is 1.50. The average Bonchev–Trinajstić information content (AvgIpc) is 2.76. The maximum absolute atomic E-state index is 11.9. The summed E-state index contributed by atoms with van der Waals surface area (Å²) < 4.78 is 5.09. The van der Waals surface area contributed by atoms with Gasteiger partial charge in [-0.05, 0) is 30.7 Å². The zero-order valence-electron chi connectivity index (χ0n) is 9.57. The highest BCUT2D eigenvalue weighted by molar-refractivity contribution is 6.04. The van der Waals surface area contributed by atoms with Crippen LogP contribution in [0.4, 0.5) is 5.69 Å². The molecule has 0 saturated heterocycles. The fourth-order valence-corrected chi connectivity index (χ4v) is 1.60. The Balaban J connectivity index is 2.16. The molecule has 4 nitrogen and oxygen atoms in total. The van der Waals surface area contributed by atoms with Gasteiger partial charge in [0.15, 0.2) is 0 Å². The van der Waals surface area contributed by atoms with Crippen molar-refractivity contribution in [2.75, 3.05) is 5.32 Å².